The molecule has 0 heterocycles. The molecule has 0 aliphatic rings. The van der Waals surface area contributed by atoms with E-state index in [1.165, 1.54) is 0 Å². The maximum atomic E-state index is 10.4. The highest BCUT2D eigenvalue weighted by atomic mass is 16.4. The number of benzene rings is 1. The average molecular weight is 195 g/mol. The van der Waals surface area contributed by atoms with E-state index in [4.69, 9.17) is 15.9 Å². The maximum Gasteiger partial charge on any atom is 0.305 e. The van der Waals surface area contributed by atoms with Gasteiger partial charge in [-0.05, 0) is 11.1 Å². The number of aliphatic carboxylic acids is 1. The third-order valence-corrected chi connectivity index (χ3v) is 1.98. The summed E-state index contributed by atoms with van der Waals surface area (Å²) in [6, 6.07) is 6.45. The lowest BCUT2D eigenvalue weighted by Crippen LogP contribution is -2.14. The van der Waals surface area contributed by atoms with Gasteiger partial charge in [0.15, 0.2) is 0 Å². The van der Waals surface area contributed by atoms with E-state index in [2.05, 4.69) is 0 Å². The zero-order valence-electron chi connectivity index (χ0n) is 7.68. The number of aliphatic hydroxyl groups is 1. The summed E-state index contributed by atoms with van der Waals surface area (Å²) in [6.45, 7) is -0.0194. The third-order valence-electron chi connectivity index (χ3n) is 1.98. The Morgan fingerprint density at radius 2 is 1.93 bits per heavy atom. The van der Waals surface area contributed by atoms with E-state index in [0.29, 0.717) is 0 Å². The summed E-state index contributed by atoms with van der Waals surface area (Å²) in [5.74, 6) is -0.913. The number of nitrogens with two attached hydrogens (primary N) is 1. The number of aliphatic hydroxyl groups excluding tert-OH is 1. The molecule has 4 N–H and O–H groups in total. The largest absolute Gasteiger partial charge is 0.481 e. The van der Waals surface area contributed by atoms with Gasteiger partial charge >= 0.3 is 5.97 Å². The number of carbonyl (C=O) groups is 1. The summed E-state index contributed by atoms with van der Waals surface area (Å²) < 4.78 is 0. The van der Waals surface area contributed by atoms with E-state index in [9.17, 15) is 4.79 Å². The Hall–Kier alpha value is -1.39. The summed E-state index contributed by atoms with van der Waals surface area (Å²) in [5, 5.41) is 17.3. The standard InChI is InChI=1S/C10H13NO3/c11-9(5-10(13)14)8-3-1-7(6-12)2-4-8/h1-4,9,12H,5-6,11H2,(H,13,14)/t9-/m0/s1. The molecule has 1 aromatic carbocycles. The van der Waals surface area contributed by atoms with Crippen LogP contribution in [0.4, 0.5) is 0 Å². The highest BCUT2D eigenvalue weighted by molar-refractivity contribution is 5.67. The number of carboxylic acids is 1. The van der Waals surface area contributed by atoms with Crippen LogP contribution in [0.15, 0.2) is 24.3 Å². The molecule has 1 aromatic rings. The van der Waals surface area contributed by atoms with Crippen molar-refractivity contribution in [2.75, 3.05) is 0 Å². The minimum Gasteiger partial charge on any atom is -0.481 e. The molecule has 4 heteroatoms. The fourth-order valence-electron chi connectivity index (χ4n) is 1.18. The van der Waals surface area contributed by atoms with Gasteiger partial charge in [-0.3, -0.25) is 4.79 Å². The lowest BCUT2D eigenvalue weighted by Gasteiger charge is -2.09. The first-order chi connectivity index (χ1) is 6.63. The highest BCUT2D eigenvalue weighted by Gasteiger charge is 2.09. The predicted octanol–water partition coefficient (Wildman–Crippen LogP) is 0.653. The van der Waals surface area contributed by atoms with Gasteiger partial charge in [-0.1, -0.05) is 24.3 Å². The summed E-state index contributed by atoms with van der Waals surface area (Å²) in [4.78, 5) is 10.4. The second kappa shape index (κ2) is 4.74. The monoisotopic (exact) mass is 195 g/mol. The van der Waals surface area contributed by atoms with Crippen LogP contribution >= 0.6 is 0 Å². The normalized spacial score (nSPS) is 12.4. The Morgan fingerprint density at radius 1 is 1.36 bits per heavy atom. The highest BCUT2D eigenvalue weighted by Crippen LogP contribution is 2.14. The molecule has 4 nitrogen and oxygen atoms in total. The second-order valence-corrected chi connectivity index (χ2v) is 3.10. The lowest BCUT2D eigenvalue weighted by molar-refractivity contribution is -0.137. The smallest absolute Gasteiger partial charge is 0.305 e. The number of hydrogen-bond donors (Lipinski definition) is 3. The summed E-state index contributed by atoms with van der Waals surface area (Å²) in [6.07, 6.45) is -0.0848. The van der Waals surface area contributed by atoms with Gasteiger partial charge in [0.2, 0.25) is 0 Å². The fraction of sp³-hybridized carbons (Fsp3) is 0.300. The third kappa shape index (κ3) is 2.83. The molecule has 0 fully saturated rings. The molecule has 0 aliphatic heterocycles. The van der Waals surface area contributed by atoms with E-state index in [0.717, 1.165) is 11.1 Å². The number of rotatable bonds is 4. The summed E-state index contributed by atoms with van der Waals surface area (Å²) >= 11 is 0. The van der Waals surface area contributed by atoms with Crippen LogP contribution < -0.4 is 5.73 Å². The Morgan fingerprint density at radius 3 is 2.36 bits per heavy atom. The van der Waals surface area contributed by atoms with Crippen molar-refractivity contribution in [3.05, 3.63) is 35.4 Å². The van der Waals surface area contributed by atoms with Crippen LogP contribution in [0.1, 0.15) is 23.6 Å². The molecule has 14 heavy (non-hydrogen) atoms. The van der Waals surface area contributed by atoms with Crippen LogP contribution in [0.2, 0.25) is 0 Å². The molecule has 76 valence electrons. The van der Waals surface area contributed by atoms with Gasteiger partial charge in [-0.2, -0.15) is 0 Å². The molecule has 0 aliphatic carbocycles. The van der Waals surface area contributed by atoms with Gasteiger partial charge in [-0.15, -0.1) is 0 Å². The molecular weight excluding hydrogens is 182 g/mol. The molecular formula is C10H13NO3. The van der Waals surface area contributed by atoms with Crippen LogP contribution in [0.5, 0.6) is 0 Å². The van der Waals surface area contributed by atoms with Crippen molar-refractivity contribution in [1.29, 1.82) is 0 Å². The van der Waals surface area contributed by atoms with Gasteiger partial charge in [0.05, 0.1) is 13.0 Å². The minimum atomic E-state index is -0.913. The molecule has 1 atom stereocenters. The van der Waals surface area contributed by atoms with Crippen molar-refractivity contribution in [3.63, 3.8) is 0 Å². The van der Waals surface area contributed by atoms with Gasteiger partial charge in [0.25, 0.3) is 0 Å². The van der Waals surface area contributed by atoms with Gasteiger partial charge in [-0.25, -0.2) is 0 Å². The molecule has 0 aromatic heterocycles. The van der Waals surface area contributed by atoms with Crippen LogP contribution in [0, 0.1) is 0 Å². The van der Waals surface area contributed by atoms with Crippen LogP contribution in [0.3, 0.4) is 0 Å². The molecule has 0 unspecified atom stereocenters. The van der Waals surface area contributed by atoms with Crippen LogP contribution in [-0.4, -0.2) is 16.2 Å². The molecule has 0 saturated heterocycles. The molecule has 0 radical (unpaired) electrons. The Bertz CT molecular complexity index is 308. The first-order valence-electron chi connectivity index (χ1n) is 4.30. The van der Waals surface area contributed by atoms with E-state index in [1.807, 2.05) is 0 Å². The van der Waals surface area contributed by atoms with E-state index in [1.54, 1.807) is 24.3 Å². The second-order valence-electron chi connectivity index (χ2n) is 3.10. The Labute approximate surface area is 82.0 Å². The van der Waals surface area contributed by atoms with Crippen molar-refractivity contribution >= 4 is 5.97 Å². The van der Waals surface area contributed by atoms with Crippen LogP contribution in [-0.2, 0) is 11.4 Å². The van der Waals surface area contributed by atoms with Crippen molar-refractivity contribution in [1.82, 2.24) is 0 Å². The van der Waals surface area contributed by atoms with Crippen molar-refractivity contribution < 1.29 is 15.0 Å². The summed E-state index contributed by atoms with van der Waals surface area (Å²) in [7, 11) is 0. The zero-order valence-corrected chi connectivity index (χ0v) is 7.68. The fourth-order valence-corrected chi connectivity index (χ4v) is 1.18. The zero-order chi connectivity index (χ0) is 10.6. The van der Waals surface area contributed by atoms with Crippen molar-refractivity contribution in [3.8, 4) is 0 Å². The van der Waals surface area contributed by atoms with Crippen LogP contribution in [0.25, 0.3) is 0 Å². The van der Waals surface area contributed by atoms with Gasteiger partial charge in [0.1, 0.15) is 0 Å². The van der Waals surface area contributed by atoms with Crippen molar-refractivity contribution in [2.45, 2.75) is 19.1 Å². The van der Waals surface area contributed by atoms with E-state index < -0.39 is 12.0 Å². The predicted molar refractivity (Wildman–Crippen MR) is 51.5 cm³/mol. The topological polar surface area (TPSA) is 83.6 Å². The van der Waals surface area contributed by atoms with Crippen molar-refractivity contribution in [2.24, 2.45) is 5.73 Å². The lowest BCUT2D eigenvalue weighted by atomic mass is 10.0. The van der Waals surface area contributed by atoms with E-state index >= 15 is 0 Å². The maximum absolute atomic E-state index is 10.4. The molecule has 0 saturated carbocycles. The quantitative estimate of drug-likeness (QED) is 0.658. The van der Waals surface area contributed by atoms with Gasteiger partial charge < -0.3 is 15.9 Å². The molecule has 0 amide bonds. The SMILES string of the molecule is N[C@@H](CC(=O)O)c1ccc(CO)cc1. The first-order valence-corrected chi connectivity index (χ1v) is 4.30. The molecule has 0 spiro atoms. The Balaban J connectivity index is 2.71. The number of carboxylic acid groups (broad SMARTS) is 1. The first kappa shape index (κ1) is 10.7. The minimum absolute atomic E-state index is 0.0194. The van der Waals surface area contributed by atoms with Gasteiger partial charge in [0, 0.05) is 6.04 Å². The molecule has 0 bridgehead atoms. The van der Waals surface area contributed by atoms with E-state index in [-0.39, 0.29) is 13.0 Å². The molecule has 1 rings (SSSR count). The Kier molecular flexibility index (Phi) is 3.62. The number of hydrogen-bond acceptors (Lipinski definition) is 3. The average Bonchev–Trinajstić information content (AvgIpc) is 2.17. The summed E-state index contributed by atoms with van der Waals surface area (Å²) in [5.41, 5.74) is 7.20.